The Bertz CT molecular complexity index is 999. The predicted octanol–water partition coefficient (Wildman–Crippen LogP) is 5.86. The van der Waals surface area contributed by atoms with Gasteiger partial charge in [-0.25, -0.2) is 0 Å². The quantitative estimate of drug-likeness (QED) is 0.344. The summed E-state index contributed by atoms with van der Waals surface area (Å²) in [6.07, 6.45) is -0.679. The van der Waals surface area contributed by atoms with E-state index in [0.717, 1.165) is 21.8 Å². The van der Waals surface area contributed by atoms with Gasteiger partial charge < -0.3 is 14.6 Å². The summed E-state index contributed by atoms with van der Waals surface area (Å²) in [6, 6.07) is 14.2. The molecular weight excluding hydrogens is 431 g/mol. The van der Waals surface area contributed by atoms with E-state index in [-0.39, 0.29) is 12.2 Å². The van der Waals surface area contributed by atoms with E-state index in [1.807, 2.05) is 31.2 Å². The summed E-state index contributed by atoms with van der Waals surface area (Å²) in [5.74, 6) is 0.550. The molecule has 7 heteroatoms. The van der Waals surface area contributed by atoms with Crippen molar-refractivity contribution in [3.63, 3.8) is 0 Å². The molecule has 29 heavy (non-hydrogen) atoms. The van der Waals surface area contributed by atoms with Crippen molar-refractivity contribution in [3.05, 3.63) is 74.6 Å². The molecular formula is C22H20Cl2O4S. The molecule has 0 aliphatic heterocycles. The normalized spacial score (nSPS) is 12.0. The number of thiophene rings is 1. The van der Waals surface area contributed by atoms with E-state index < -0.39 is 6.29 Å². The monoisotopic (exact) mass is 450 g/mol. The minimum Gasteiger partial charge on any atom is -0.497 e. The maximum absolute atomic E-state index is 13.1. The lowest BCUT2D eigenvalue weighted by Gasteiger charge is -2.11. The van der Waals surface area contributed by atoms with Gasteiger partial charge in [-0.3, -0.25) is 4.79 Å². The van der Waals surface area contributed by atoms with E-state index in [2.05, 4.69) is 0 Å². The SMILES string of the molecule is CCOC(O)Cc1cc(C(=O)c2ccc(Cl)cc2Cl)sc1-c1ccc(OC)cc1. The van der Waals surface area contributed by atoms with Crippen molar-refractivity contribution in [2.45, 2.75) is 19.6 Å². The average molecular weight is 451 g/mol. The van der Waals surface area contributed by atoms with Gasteiger partial charge in [0.1, 0.15) is 5.75 Å². The molecule has 1 atom stereocenters. The van der Waals surface area contributed by atoms with Gasteiger partial charge >= 0.3 is 0 Å². The van der Waals surface area contributed by atoms with Crippen molar-refractivity contribution < 1.29 is 19.4 Å². The van der Waals surface area contributed by atoms with Gasteiger partial charge in [-0.05, 0) is 66.6 Å². The smallest absolute Gasteiger partial charge is 0.204 e. The highest BCUT2D eigenvalue weighted by Crippen LogP contribution is 2.36. The highest BCUT2D eigenvalue weighted by atomic mass is 35.5. The van der Waals surface area contributed by atoms with Crippen LogP contribution < -0.4 is 4.74 Å². The number of rotatable bonds is 8. The lowest BCUT2D eigenvalue weighted by atomic mass is 10.0. The Kier molecular flexibility index (Phi) is 7.33. The number of hydrogen-bond donors (Lipinski definition) is 1. The zero-order valence-corrected chi connectivity index (χ0v) is 18.3. The van der Waals surface area contributed by atoms with Crippen molar-refractivity contribution in [3.8, 4) is 16.2 Å². The number of aliphatic hydroxyl groups is 1. The molecule has 1 heterocycles. The van der Waals surface area contributed by atoms with Crippen LogP contribution in [-0.4, -0.2) is 30.9 Å². The van der Waals surface area contributed by atoms with Crippen LogP contribution in [0.3, 0.4) is 0 Å². The van der Waals surface area contributed by atoms with Crippen LogP contribution in [0.1, 0.15) is 27.7 Å². The van der Waals surface area contributed by atoms with Crippen LogP contribution in [0, 0.1) is 0 Å². The second kappa shape index (κ2) is 9.74. The Labute approximate surface area is 183 Å². The van der Waals surface area contributed by atoms with Crippen LogP contribution in [0.5, 0.6) is 5.75 Å². The Morgan fingerprint density at radius 3 is 2.48 bits per heavy atom. The molecule has 3 rings (SSSR count). The van der Waals surface area contributed by atoms with E-state index in [0.29, 0.717) is 27.1 Å². The van der Waals surface area contributed by atoms with Gasteiger partial charge in [-0.2, -0.15) is 0 Å². The Balaban J connectivity index is 2.01. The van der Waals surface area contributed by atoms with Crippen molar-refractivity contribution >= 4 is 40.3 Å². The standard InChI is InChI=1S/C22H20Cl2O4S/c1-3-28-20(25)11-14-10-19(21(26)17-9-6-15(23)12-18(17)24)29-22(14)13-4-7-16(27-2)8-5-13/h4-10,12,20,25H,3,11H2,1-2H3. The highest BCUT2D eigenvalue weighted by Gasteiger charge is 2.21. The van der Waals surface area contributed by atoms with Gasteiger partial charge in [0, 0.05) is 28.5 Å². The van der Waals surface area contributed by atoms with Crippen LogP contribution in [0.4, 0.5) is 0 Å². The summed E-state index contributed by atoms with van der Waals surface area (Å²) in [5, 5.41) is 10.9. The average Bonchev–Trinajstić information content (AvgIpc) is 3.11. The number of methoxy groups -OCH3 is 1. The van der Waals surface area contributed by atoms with Gasteiger partial charge in [0.2, 0.25) is 5.78 Å². The van der Waals surface area contributed by atoms with Crippen molar-refractivity contribution in [2.75, 3.05) is 13.7 Å². The second-order valence-corrected chi connectivity index (χ2v) is 8.16. The molecule has 0 aliphatic carbocycles. The van der Waals surface area contributed by atoms with E-state index in [9.17, 15) is 9.90 Å². The van der Waals surface area contributed by atoms with E-state index in [1.54, 1.807) is 31.4 Å². The Hall–Kier alpha value is -1.89. The third-order valence-corrected chi connectivity index (χ3v) is 6.09. The topological polar surface area (TPSA) is 55.8 Å². The lowest BCUT2D eigenvalue weighted by Crippen LogP contribution is -2.14. The summed E-state index contributed by atoms with van der Waals surface area (Å²) in [7, 11) is 1.61. The molecule has 0 aliphatic rings. The molecule has 4 nitrogen and oxygen atoms in total. The molecule has 0 saturated carbocycles. The molecule has 0 bridgehead atoms. The predicted molar refractivity (Wildman–Crippen MR) is 118 cm³/mol. The molecule has 3 aromatic rings. The summed E-state index contributed by atoms with van der Waals surface area (Å²) in [5.41, 5.74) is 2.14. The number of ether oxygens (including phenoxy) is 2. The van der Waals surface area contributed by atoms with Gasteiger partial charge in [0.15, 0.2) is 6.29 Å². The molecule has 1 aromatic heterocycles. The maximum Gasteiger partial charge on any atom is 0.204 e. The van der Waals surface area contributed by atoms with Gasteiger partial charge in [-0.1, -0.05) is 23.2 Å². The number of carbonyl (C=O) groups excluding carboxylic acids is 1. The van der Waals surface area contributed by atoms with Crippen LogP contribution >= 0.6 is 34.5 Å². The molecule has 0 amide bonds. The summed E-state index contributed by atoms with van der Waals surface area (Å²) in [4.78, 5) is 14.5. The zero-order chi connectivity index (χ0) is 21.0. The third kappa shape index (κ3) is 5.18. The van der Waals surface area contributed by atoms with Crippen LogP contribution in [0.2, 0.25) is 10.0 Å². The first-order valence-electron chi connectivity index (χ1n) is 8.99. The molecule has 0 radical (unpaired) electrons. The third-order valence-electron chi connectivity index (χ3n) is 4.31. The summed E-state index contributed by atoms with van der Waals surface area (Å²) in [6.45, 7) is 2.22. The van der Waals surface area contributed by atoms with Gasteiger partial charge in [-0.15, -0.1) is 11.3 Å². The Morgan fingerprint density at radius 2 is 1.86 bits per heavy atom. The highest BCUT2D eigenvalue weighted by molar-refractivity contribution is 7.17. The largest absolute Gasteiger partial charge is 0.497 e. The molecule has 0 spiro atoms. The zero-order valence-electron chi connectivity index (χ0n) is 15.9. The Morgan fingerprint density at radius 1 is 1.14 bits per heavy atom. The minimum absolute atomic E-state index is 0.191. The molecule has 0 fully saturated rings. The van der Waals surface area contributed by atoms with E-state index in [4.69, 9.17) is 32.7 Å². The molecule has 1 N–H and O–H groups in total. The second-order valence-electron chi connectivity index (χ2n) is 6.26. The minimum atomic E-state index is -0.950. The first kappa shape index (κ1) is 21.8. The molecule has 2 aromatic carbocycles. The van der Waals surface area contributed by atoms with Crippen LogP contribution in [0.15, 0.2) is 48.5 Å². The number of ketones is 1. The van der Waals surface area contributed by atoms with Crippen molar-refractivity contribution in [1.82, 2.24) is 0 Å². The summed E-state index contributed by atoms with van der Waals surface area (Å²) >= 11 is 13.5. The number of benzene rings is 2. The number of aliphatic hydroxyl groups excluding tert-OH is 1. The first-order valence-corrected chi connectivity index (χ1v) is 10.6. The maximum atomic E-state index is 13.1. The fraction of sp³-hybridized carbons (Fsp3) is 0.227. The fourth-order valence-corrected chi connectivity index (χ4v) is 4.57. The van der Waals surface area contributed by atoms with Crippen molar-refractivity contribution in [1.29, 1.82) is 0 Å². The number of carbonyl (C=O) groups is 1. The van der Waals surface area contributed by atoms with Gasteiger partial charge in [0.25, 0.3) is 0 Å². The van der Waals surface area contributed by atoms with Crippen LogP contribution in [-0.2, 0) is 11.2 Å². The molecule has 1 unspecified atom stereocenters. The number of halogens is 2. The summed E-state index contributed by atoms with van der Waals surface area (Å²) < 4.78 is 10.5. The van der Waals surface area contributed by atoms with Gasteiger partial charge in [0.05, 0.1) is 17.0 Å². The lowest BCUT2D eigenvalue weighted by molar-refractivity contribution is -0.0926. The fourth-order valence-electron chi connectivity index (χ4n) is 2.92. The van der Waals surface area contributed by atoms with E-state index in [1.165, 1.54) is 11.3 Å². The number of hydrogen-bond acceptors (Lipinski definition) is 5. The van der Waals surface area contributed by atoms with Crippen molar-refractivity contribution in [2.24, 2.45) is 0 Å². The first-order chi connectivity index (χ1) is 13.9. The van der Waals surface area contributed by atoms with E-state index >= 15 is 0 Å². The molecule has 0 saturated heterocycles. The molecule has 152 valence electrons. The van der Waals surface area contributed by atoms with Crippen LogP contribution in [0.25, 0.3) is 10.4 Å².